The number of nitrogens with zero attached hydrogens (tertiary/aromatic N) is 4. The van der Waals surface area contributed by atoms with Crippen LogP contribution in [0.4, 0.5) is 34.1 Å². The molecule has 0 spiro atoms. The van der Waals surface area contributed by atoms with Crippen LogP contribution >= 0.6 is 0 Å². The fraction of sp³-hybridized carbons (Fsp3) is 0.276. The Morgan fingerprint density at radius 2 is 0.620 bits per heavy atom. The maximum absolute atomic E-state index is 10.1. The van der Waals surface area contributed by atoms with Crippen LogP contribution in [0.3, 0.4) is 0 Å². The third-order valence-corrected chi connectivity index (χ3v) is 25.4. The van der Waals surface area contributed by atoms with Crippen LogP contribution in [-0.4, -0.2) is 15.8 Å². The second kappa shape index (κ2) is 28.5. The summed E-state index contributed by atoms with van der Waals surface area (Å²) in [5, 5.41) is 2.01. The Kier molecular flexibility index (Phi) is 15.6. The average Bonchev–Trinajstić information content (AvgIpc) is 0.868. The molecule has 0 atom stereocenters. The van der Waals surface area contributed by atoms with Crippen molar-refractivity contribution in [3.63, 3.8) is 0 Å². The third-order valence-electron chi connectivity index (χ3n) is 25.4. The van der Waals surface area contributed by atoms with E-state index in [-0.39, 0.29) is 71.9 Å². The first-order valence-corrected chi connectivity index (χ1v) is 43.0. The van der Waals surface area contributed by atoms with Crippen molar-refractivity contribution in [2.75, 3.05) is 9.80 Å². The van der Waals surface area contributed by atoms with Crippen LogP contribution in [0.2, 0.25) is 0 Å². The Morgan fingerprint density at radius 3 is 1.07 bits per heavy atom. The lowest BCUT2D eigenvalue weighted by molar-refractivity contribution is 0.569. The molecule has 0 amide bonds. The SMILES string of the molecule is [2H]c1c([2H])c([2H])c(-c2ccc3c(c2)N(c2c(-c4ccc(C(C)(C)C)cc4)cccc2-c2c(C(C)(C)C)cccc2C(C)(C)C)c2cc(-n4c5ccc(C(C)(C)C)cc5c5cc(C(C)(C)C)ccc54)cc4c2B3c2ccc(-n3c5c([2H])c([2H])c([2H])c([2H])c5c5c([2H])c([2H])c([2H])c([2H])c53)cc2N4c2c(-c3ccc(C(C)(C)C)cc3)cccc2-c2cc(C(C)(C)C)cc(C(C)(C)C)c2)c([2H])c1[2H]. The van der Waals surface area contributed by atoms with Crippen molar-refractivity contribution in [3.05, 3.63) is 329 Å². The lowest BCUT2D eigenvalue weighted by Gasteiger charge is -2.46. The maximum Gasteiger partial charge on any atom is 0.252 e. The van der Waals surface area contributed by atoms with Gasteiger partial charge in [0.05, 0.1) is 56.9 Å². The predicted molar refractivity (Wildman–Crippen MR) is 526 cm³/mol. The summed E-state index contributed by atoms with van der Waals surface area (Å²) in [7, 11) is 0. The van der Waals surface area contributed by atoms with Gasteiger partial charge in [0, 0.05) is 72.2 Å². The van der Waals surface area contributed by atoms with Crippen LogP contribution in [0.5, 0.6) is 0 Å². The summed E-state index contributed by atoms with van der Waals surface area (Å²) in [4.78, 5) is 4.90. The molecule has 2 aliphatic rings. The molecule has 121 heavy (non-hydrogen) atoms. The number of rotatable bonds is 9. The second-order valence-electron chi connectivity index (χ2n) is 42.2. The van der Waals surface area contributed by atoms with E-state index in [0.717, 1.165) is 156 Å². The minimum Gasteiger partial charge on any atom is -0.310 e. The fourth-order valence-corrected chi connectivity index (χ4v) is 18.7. The maximum atomic E-state index is 10.1. The van der Waals surface area contributed by atoms with E-state index in [1.165, 1.54) is 0 Å². The summed E-state index contributed by atoms with van der Waals surface area (Å²) >= 11 is 0. The Balaban J connectivity index is 1.13. The smallest absolute Gasteiger partial charge is 0.252 e. The van der Waals surface area contributed by atoms with Gasteiger partial charge in [0.1, 0.15) is 0 Å². The molecule has 18 rings (SSSR count). The molecule has 0 saturated heterocycles. The van der Waals surface area contributed by atoms with Crippen molar-refractivity contribution in [1.82, 2.24) is 9.13 Å². The van der Waals surface area contributed by atoms with Crippen LogP contribution < -0.4 is 26.2 Å². The van der Waals surface area contributed by atoms with E-state index in [2.05, 4.69) is 369 Å². The van der Waals surface area contributed by atoms with Gasteiger partial charge in [0.15, 0.2) is 0 Å². The molecule has 0 radical (unpaired) electrons. The number of aromatic nitrogens is 2. The van der Waals surface area contributed by atoms with Crippen molar-refractivity contribution in [1.29, 1.82) is 0 Å². The highest BCUT2D eigenvalue weighted by atomic mass is 15.2. The Bertz CT molecular complexity index is 7420. The second-order valence-corrected chi connectivity index (χ2v) is 42.2. The number of benzene rings is 14. The molecule has 0 saturated carbocycles. The van der Waals surface area contributed by atoms with Crippen molar-refractivity contribution in [2.45, 2.75) is 209 Å². The van der Waals surface area contributed by atoms with Gasteiger partial charge in [-0.3, -0.25) is 0 Å². The van der Waals surface area contributed by atoms with Gasteiger partial charge < -0.3 is 18.9 Å². The van der Waals surface area contributed by atoms with Gasteiger partial charge in [0.2, 0.25) is 0 Å². The number of hydrogen-bond acceptors (Lipinski definition) is 2. The molecule has 16 aromatic rings. The highest BCUT2D eigenvalue weighted by Gasteiger charge is 2.47. The molecular formula is C116H119BN4. The molecule has 4 nitrogen and oxygen atoms in total. The van der Waals surface area contributed by atoms with Gasteiger partial charge in [-0.2, -0.15) is 0 Å². The molecular weight excluding hydrogens is 1460 g/mol. The van der Waals surface area contributed by atoms with E-state index in [4.69, 9.17) is 1.37 Å². The summed E-state index contributed by atoms with van der Waals surface area (Å²) in [5.74, 6) is 0. The molecule has 2 aliphatic heterocycles. The molecule has 0 unspecified atom stereocenters. The normalized spacial score (nSPS) is 15.1. The van der Waals surface area contributed by atoms with Crippen molar-refractivity contribution in [3.8, 4) is 67.0 Å². The van der Waals surface area contributed by atoms with E-state index in [0.29, 0.717) is 22.6 Å². The first-order valence-electron chi connectivity index (χ1n) is 49.5. The molecule has 0 N–H and O–H groups in total. The zero-order valence-corrected chi connectivity index (χ0v) is 75.0. The lowest BCUT2D eigenvalue weighted by atomic mass is 9.33. The highest BCUT2D eigenvalue weighted by molar-refractivity contribution is 7.00. The van der Waals surface area contributed by atoms with Crippen LogP contribution in [0.15, 0.2) is 285 Å². The Hall–Kier alpha value is -11.7. The fourth-order valence-electron chi connectivity index (χ4n) is 18.7. The summed E-state index contributed by atoms with van der Waals surface area (Å²) < 4.78 is 130. The first kappa shape index (κ1) is 66.1. The monoisotopic (exact) mass is 1590 g/mol. The molecule has 14 aromatic carbocycles. The van der Waals surface area contributed by atoms with E-state index >= 15 is 0 Å². The quantitative estimate of drug-likeness (QED) is 0.134. The molecule has 2 aromatic heterocycles. The Morgan fingerprint density at radius 1 is 0.248 bits per heavy atom. The van der Waals surface area contributed by atoms with Gasteiger partial charge in [-0.05, 0) is 204 Å². The van der Waals surface area contributed by atoms with Gasteiger partial charge in [-0.25, -0.2) is 0 Å². The lowest BCUT2D eigenvalue weighted by Crippen LogP contribution is -2.61. The predicted octanol–water partition coefficient (Wildman–Crippen LogP) is 30.7. The minimum absolute atomic E-state index is 0.0275. The van der Waals surface area contributed by atoms with Crippen molar-refractivity contribution >= 4 is 101 Å². The van der Waals surface area contributed by atoms with E-state index in [1.54, 1.807) is 4.57 Å². The van der Waals surface area contributed by atoms with Crippen LogP contribution in [0.1, 0.15) is 228 Å². The van der Waals surface area contributed by atoms with Gasteiger partial charge in [-0.15, -0.1) is 0 Å². The third kappa shape index (κ3) is 14.0. The summed E-state index contributed by atoms with van der Waals surface area (Å²) in [6, 6.07) is 69.6. The Labute approximate surface area is 739 Å². The number of hydrogen-bond donors (Lipinski definition) is 0. The highest BCUT2D eigenvalue weighted by Crippen LogP contribution is 2.57. The first-order chi connectivity index (χ1) is 62.5. The van der Waals surface area contributed by atoms with E-state index in [9.17, 15) is 16.4 Å². The summed E-state index contributed by atoms with van der Waals surface area (Å²) in [5.41, 5.74) is 24.1. The molecule has 0 fully saturated rings. The molecule has 4 heterocycles. The van der Waals surface area contributed by atoms with Gasteiger partial charge in [0.25, 0.3) is 6.71 Å². The topological polar surface area (TPSA) is 16.3 Å². The van der Waals surface area contributed by atoms with Crippen molar-refractivity contribution in [2.24, 2.45) is 0 Å². The minimum atomic E-state index is -0.781. The largest absolute Gasteiger partial charge is 0.310 e. The molecule has 5 heteroatoms. The number of anilines is 6. The number of para-hydroxylation sites is 4. The molecule has 0 aliphatic carbocycles. The summed E-state index contributed by atoms with van der Waals surface area (Å²) in [6.07, 6.45) is 0. The average molecular weight is 1590 g/mol. The van der Waals surface area contributed by atoms with Crippen LogP contribution in [0, 0.1) is 0 Å². The van der Waals surface area contributed by atoms with Gasteiger partial charge in [-0.1, -0.05) is 384 Å². The molecule has 606 valence electrons. The zero-order valence-electron chi connectivity index (χ0n) is 88.0. The van der Waals surface area contributed by atoms with E-state index < -0.39 is 84.0 Å². The number of fused-ring (bicyclic) bond motifs is 10. The van der Waals surface area contributed by atoms with Crippen LogP contribution in [-0.2, 0) is 43.3 Å². The van der Waals surface area contributed by atoms with Gasteiger partial charge >= 0.3 is 0 Å². The standard InChI is InChI=1S/C116H119BN4/c1-109(2,3)77-52-47-73(48-53-77)85-39-32-41-87(76-63-81(113(13,14)15)66-82(64-76)114(16,17)18)107(85)121-102-69-83(118-97-45-30-28-37-88(97)89-38-29-31-46-98(89)118)58-60-96(102)117-95-59-51-75(72-35-26-25-27-36-72)65-101(95)120(103-70-84(71-104(121)106(103)117)119-99-61-56-79(111(7,8)9)67-91(99)92-68-80(112(10,11)12)57-62-100(92)119)108-86(74-49-54-78(55-50-74)110(4,5)6)40-33-42-90(108)105-93(115(19,20)21)43-34-44-94(105)116(22,23)24/h25-71H,1-24H3/i25D,26D,27D,28D,29D,30D,31D,35D,36D,37D,38D,45D,46D. The van der Waals surface area contributed by atoms with E-state index in [1.807, 2.05) is 18.2 Å². The summed E-state index contributed by atoms with van der Waals surface area (Å²) in [6.45, 7) is 53.4. The van der Waals surface area contributed by atoms with Crippen molar-refractivity contribution < 1.29 is 17.8 Å². The van der Waals surface area contributed by atoms with Crippen LogP contribution in [0.25, 0.3) is 111 Å². The zero-order chi connectivity index (χ0) is 96.8. The molecule has 0 bridgehead atoms.